The number of hydrogen-bond donors (Lipinski definition) is 1. The summed E-state index contributed by atoms with van der Waals surface area (Å²) in [5.41, 5.74) is 0. The molecular formula is C14H26N2S. The van der Waals surface area contributed by atoms with E-state index in [0.29, 0.717) is 6.04 Å². The molecule has 0 spiro atoms. The molecule has 0 aliphatic rings. The molecule has 0 amide bonds. The average molecular weight is 254 g/mol. The first-order valence-electron chi connectivity index (χ1n) is 6.93. The molecule has 1 aromatic heterocycles. The first-order valence-corrected chi connectivity index (χ1v) is 7.75. The fourth-order valence-corrected chi connectivity index (χ4v) is 2.98. The highest BCUT2D eigenvalue weighted by Gasteiger charge is 2.12. The summed E-state index contributed by atoms with van der Waals surface area (Å²) in [5.74, 6) is 0. The Morgan fingerprint density at radius 2 is 2.00 bits per heavy atom. The van der Waals surface area contributed by atoms with E-state index in [2.05, 4.69) is 31.1 Å². The van der Waals surface area contributed by atoms with Crippen molar-refractivity contribution in [1.82, 2.24) is 10.3 Å². The summed E-state index contributed by atoms with van der Waals surface area (Å²) >= 11 is 1.83. The molecule has 1 aromatic rings. The van der Waals surface area contributed by atoms with Gasteiger partial charge in [0.25, 0.3) is 0 Å². The summed E-state index contributed by atoms with van der Waals surface area (Å²) in [4.78, 5) is 5.76. The second-order valence-electron chi connectivity index (χ2n) is 4.59. The molecule has 0 bridgehead atoms. The Balaban J connectivity index is 2.33. The van der Waals surface area contributed by atoms with Crippen molar-refractivity contribution >= 4 is 11.3 Å². The van der Waals surface area contributed by atoms with Crippen molar-refractivity contribution in [2.45, 2.75) is 65.3 Å². The number of nitrogens with one attached hydrogen (secondary N) is 1. The SMILES string of the molecule is CCCCCCCC(NCC)c1cnc(C)s1. The lowest BCUT2D eigenvalue weighted by molar-refractivity contribution is 0.484. The Kier molecular flexibility index (Phi) is 7.45. The molecule has 3 heteroatoms. The summed E-state index contributed by atoms with van der Waals surface area (Å²) in [6.45, 7) is 7.56. The molecule has 0 radical (unpaired) electrons. The maximum Gasteiger partial charge on any atom is 0.0897 e. The van der Waals surface area contributed by atoms with Gasteiger partial charge in [0.2, 0.25) is 0 Å². The van der Waals surface area contributed by atoms with E-state index in [1.165, 1.54) is 48.4 Å². The van der Waals surface area contributed by atoms with E-state index in [1.54, 1.807) is 0 Å². The van der Waals surface area contributed by atoms with Gasteiger partial charge in [-0.2, -0.15) is 0 Å². The van der Waals surface area contributed by atoms with Gasteiger partial charge in [-0.15, -0.1) is 11.3 Å². The molecule has 0 fully saturated rings. The third-order valence-electron chi connectivity index (χ3n) is 3.03. The first-order chi connectivity index (χ1) is 8.27. The van der Waals surface area contributed by atoms with E-state index in [0.717, 1.165) is 6.54 Å². The topological polar surface area (TPSA) is 24.9 Å². The van der Waals surface area contributed by atoms with Gasteiger partial charge in [-0.3, -0.25) is 0 Å². The van der Waals surface area contributed by atoms with E-state index in [9.17, 15) is 0 Å². The second kappa shape index (κ2) is 8.65. The molecule has 0 aliphatic carbocycles. The van der Waals surface area contributed by atoms with Gasteiger partial charge in [0.05, 0.1) is 5.01 Å². The van der Waals surface area contributed by atoms with Crippen molar-refractivity contribution in [3.8, 4) is 0 Å². The third-order valence-corrected chi connectivity index (χ3v) is 4.06. The largest absolute Gasteiger partial charge is 0.309 e. The van der Waals surface area contributed by atoms with Crippen LogP contribution in [0.25, 0.3) is 0 Å². The van der Waals surface area contributed by atoms with Crippen LogP contribution < -0.4 is 5.32 Å². The minimum atomic E-state index is 0.521. The van der Waals surface area contributed by atoms with Crippen LogP contribution in [-0.2, 0) is 0 Å². The van der Waals surface area contributed by atoms with Gasteiger partial charge in [-0.05, 0) is 19.9 Å². The van der Waals surface area contributed by atoms with Gasteiger partial charge in [-0.25, -0.2) is 4.98 Å². The van der Waals surface area contributed by atoms with Crippen LogP contribution in [-0.4, -0.2) is 11.5 Å². The number of unbranched alkanes of at least 4 members (excludes halogenated alkanes) is 4. The predicted octanol–water partition coefficient (Wildman–Crippen LogP) is 4.46. The molecule has 1 rings (SSSR count). The smallest absolute Gasteiger partial charge is 0.0897 e. The minimum absolute atomic E-state index is 0.521. The van der Waals surface area contributed by atoms with Crippen LogP contribution in [0.15, 0.2) is 6.20 Å². The van der Waals surface area contributed by atoms with E-state index in [4.69, 9.17) is 0 Å². The number of rotatable bonds is 9. The van der Waals surface area contributed by atoms with Crippen LogP contribution in [0.2, 0.25) is 0 Å². The van der Waals surface area contributed by atoms with Crippen LogP contribution in [0.4, 0.5) is 0 Å². The van der Waals surface area contributed by atoms with Crippen LogP contribution in [0.3, 0.4) is 0 Å². The lowest BCUT2D eigenvalue weighted by Gasteiger charge is -2.15. The summed E-state index contributed by atoms with van der Waals surface area (Å²) in [7, 11) is 0. The third kappa shape index (κ3) is 5.64. The fourth-order valence-electron chi connectivity index (χ4n) is 2.08. The molecular weight excluding hydrogens is 228 g/mol. The zero-order valence-corrected chi connectivity index (χ0v) is 12.3. The van der Waals surface area contributed by atoms with Crippen molar-refractivity contribution in [3.63, 3.8) is 0 Å². The van der Waals surface area contributed by atoms with Gasteiger partial charge >= 0.3 is 0 Å². The average Bonchev–Trinajstić information content (AvgIpc) is 2.74. The molecule has 1 heterocycles. The van der Waals surface area contributed by atoms with Crippen LogP contribution in [0.5, 0.6) is 0 Å². The van der Waals surface area contributed by atoms with Crippen molar-refractivity contribution in [3.05, 3.63) is 16.1 Å². The van der Waals surface area contributed by atoms with Gasteiger partial charge < -0.3 is 5.32 Å². The van der Waals surface area contributed by atoms with Crippen molar-refractivity contribution < 1.29 is 0 Å². The Morgan fingerprint density at radius 3 is 2.59 bits per heavy atom. The number of nitrogens with zero attached hydrogens (tertiary/aromatic N) is 1. The van der Waals surface area contributed by atoms with Gasteiger partial charge in [0.1, 0.15) is 0 Å². The fraction of sp³-hybridized carbons (Fsp3) is 0.786. The molecule has 2 nitrogen and oxygen atoms in total. The van der Waals surface area contributed by atoms with Crippen molar-refractivity contribution in [2.75, 3.05) is 6.54 Å². The quantitative estimate of drug-likeness (QED) is 0.658. The predicted molar refractivity (Wildman–Crippen MR) is 76.6 cm³/mol. The molecule has 0 aliphatic heterocycles. The Hall–Kier alpha value is -0.410. The lowest BCUT2D eigenvalue weighted by atomic mass is 10.1. The minimum Gasteiger partial charge on any atom is -0.309 e. The molecule has 1 atom stereocenters. The lowest BCUT2D eigenvalue weighted by Crippen LogP contribution is -2.19. The van der Waals surface area contributed by atoms with E-state index in [-0.39, 0.29) is 0 Å². The molecule has 0 saturated heterocycles. The Labute approximate surface area is 110 Å². The number of thiazole rings is 1. The summed E-state index contributed by atoms with van der Waals surface area (Å²) in [6.07, 6.45) is 10.1. The van der Waals surface area contributed by atoms with E-state index >= 15 is 0 Å². The van der Waals surface area contributed by atoms with E-state index in [1.807, 2.05) is 17.5 Å². The maximum atomic E-state index is 4.36. The Morgan fingerprint density at radius 1 is 1.24 bits per heavy atom. The summed E-state index contributed by atoms with van der Waals surface area (Å²) < 4.78 is 0. The van der Waals surface area contributed by atoms with Gasteiger partial charge in [-0.1, -0.05) is 46.0 Å². The molecule has 1 unspecified atom stereocenters. The highest BCUT2D eigenvalue weighted by Crippen LogP contribution is 2.25. The highest BCUT2D eigenvalue weighted by molar-refractivity contribution is 7.11. The Bertz CT molecular complexity index is 296. The number of aromatic nitrogens is 1. The highest BCUT2D eigenvalue weighted by atomic mass is 32.1. The zero-order chi connectivity index (χ0) is 12.5. The van der Waals surface area contributed by atoms with Crippen LogP contribution >= 0.6 is 11.3 Å². The van der Waals surface area contributed by atoms with Crippen LogP contribution in [0.1, 0.15) is 68.3 Å². The molecule has 0 aromatic carbocycles. The maximum absolute atomic E-state index is 4.36. The monoisotopic (exact) mass is 254 g/mol. The van der Waals surface area contributed by atoms with E-state index < -0.39 is 0 Å². The normalized spacial score (nSPS) is 12.9. The summed E-state index contributed by atoms with van der Waals surface area (Å²) in [5, 5.41) is 4.75. The number of aryl methyl sites for hydroxylation is 1. The first kappa shape index (κ1) is 14.7. The zero-order valence-electron chi connectivity index (χ0n) is 11.5. The number of hydrogen-bond acceptors (Lipinski definition) is 3. The molecule has 1 N–H and O–H groups in total. The summed E-state index contributed by atoms with van der Waals surface area (Å²) in [6, 6.07) is 0.521. The molecule has 0 saturated carbocycles. The van der Waals surface area contributed by atoms with Crippen molar-refractivity contribution in [2.24, 2.45) is 0 Å². The van der Waals surface area contributed by atoms with Gasteiger partial charge in [0, 0.05) is 17.1 Å². The molecule has 17 heavy (non-hydrogen) atoms. The van der Waals surface area contributed by atoms with Crippen LogP contribution in [0, 0.1) is 6.92 Å². The standard InChI is InChI=1S/C14H26N2S/c1-4-6-7-8-9-10-13(15-5-2)14-11-16-12(3)17-14/h11,13,15H,4-10H2,1-3H3. The molecule has 98 valence electrons. The van der Waals surface area contributed by atoms with Gasteiger partial charge in [0.15, 0.2) is 0 Å². The second-order valence-corrected chi connectivity index (χ2v) is 5.86. The van der Waals surface area contributed by atoms with Crippen molar-refractivity contribution in [1.29, 1.82) is 0 Å².